The summed E-state index contributed by atoms with van der Waals surface area (Å²) in [5.41, 5.74) is 3.27. The Morgan fingerprint density at radius 2 is 1.75 bits per heavy atom. The first-order valence-electron chi connectivity index (χ1n) is 16.5. The summed E-state index contributed by atoms with van der Waals surface area (Å²) in [4.78, 5) is 44.7. The van der Waals surface area contributed by atoms with E-state index in [1.54, 1.807) is 69.5 Å². The molecule has 3 aromatic carbocycles. The van der Waals surface area contributed by atoms with Gasteiger partial charge in [-0.2, -0.15) is 0 Å². The quantitative estimate of drug-likeness (QED) is 0.111. The van der Waals surface area contributed by atoms with Crippen molar-refractivity contribution in [3.8, 4) is 23.0 Å². The van der Waals surface area contributed by atoms with Crippen LogP contribution in [0.25, 0.3) is 6.08 Å². The zero-order valence-electron chi connectivity index (χ0n) is 29.5. The molecular weight excluding hydrogens is 708 g/mol. The molecule has 0 saturated carbocycles. The number of allylic oxidation sites excluding steroid dienone is 2. The average molecular weight is 747 g/mol. The van der Waals surface area contributed by atoms with E-state index in [9.17, 15) is 14.4 Å². The van der Waals surface area contributed by atoms with Crippen molar-refractivity contribution in [3.63, 3.8) is 0 Å². The first-order valence-corrected chi connectivity index (χ1v) is 17.7. The van der Waals surface area contributed by atoms with Crippen LogP contribution in [0.4, 0.5) is 0 Å². The lowest BCUT2D eigenvalue weighted by atomic mass is 9.95. The van der Waals surface area contributed by atoms with Crippen molar-refractivity contribution in [2.45, 2.75) is 39.8 Å². The number of rotatable bonds is 15. The molecule has 0 N–H and O–H groups in total. The Kier molecular flexibility index (Phi) is 12.6. The number of esters is 2. The number of nitrogens with zero attached hydrogens (tertiary/aromatic N) is 2. The maximum absolute atomic E-state index is 14.4. The SMILES string of the molecule is C=CCc1cc(/C=c2\sc3n(c2=O)[C@H](c2ccc(OCC(=O)OC)c(OCC)c2)C(C(=O)OCC)=C(C)N=3)cc(OC)c1OCc1ccc(Cl)cc1. The average Bonchev–Trinajstić information content (AvgIpc) is 3.43. The molecule has 1 aromatic heterocycles. The van der Waals surface area contributed by atoms with Crippen molar-refractivity contribution in [3.05, 3.63) is 125 Å². The van der Waals surface area contributed by atoms with E-state index in [0.29, 0.717) is 73.8 Å². The minimum absolute atomic E-state index is 0.130. The predicted octanol–water partition coefficient (Wildman–Crippen LogP) is 5.72. The van der Waals surface area contributed by atoms with Crippen molar-refractivity contribution in [2.75, 3.05) is 34.0 Å². The predicted molar refractivity (Wildman–Crippen MR) is 198 cm³/mol. The minimum Gasteiger partial charge on any atom is -0.493 e. The summed E-state index contributed by atoms with van der Waals surface area (Å²) in [6, 6.07) is 15.2. The van der Waals surface area contributed by atoms with Gasteiger partial charge in [-0.25, -0.2) is 14.6 Å². The van der Waals surface area contributed by atoms with E-state index >= 15 is 0 Å². The third-order valence-electron chi connectivity index (χ3n) is 8.01. The summed E-state index contributed by atoms with van der Waals surface area (Å²) in [6.45, 7) is 9.53. The summed E-state index contributed by atoms with van der Waals surface area (Å²) < 4.78 is 35.5. The lowest BCUT2D eigenvalue weighted by Gasteiger charge is -2.25. The van der Waals surface area contributed by atoms with E-state index in [2.05, 4.69) is 11.6 Å². The van der Waals surface area contributed by atoms with Crippen molar-refractivity contribution in [1.29, 1.82) is 0 Å². The molecule has 4 aromatic rings. The van der Waals surface area contributed by atoms with Crippen molar-refractivity contribution >= 4 is 41.0 Å². The molecule has 0 spiro atoms. The first-order chi connectivity index (χ1) is 25.1. The Morgan fingerprint density at radius 3 is 2.42 bits per heavy atom. The fourth-order valence-corrected chi connectivity index (χ4v) is 6.83. The molecule has 0 saturated heterocycles. The van der Waals surface area contributed by atoms with E-state index in [4.69, 9.17) is 40.0 Å². The number of thiazole rings is 1. The molecule has 1 atom stereocenters. The van der Waals surface area contributed by atoms with Gasteiger partial charge in [0.1, 0.15) is 6.61 Å². The van der Waals surface area contributed by atoms with Crippen molar-refractivity contribution in [1.82, 2.24) is 4.57 Å². The summed E-state index contributed by atoms with van der Waals surface area (Å²) in [6.07, 6.45) is 4.01. The topological polar surface area (TPSA) is 124 Å². The molecule has 272 valence electrons. The van der Waals surface area contributed by atoms with E-state index in [1.165, 1.54) is 23.0 Å². The van der Waals surface area contributed by atoms with Crippen molar-refractivity contribution < 1.29 is 38.0 Å². The van der Waals surface area contributed by atoms with Gasteiger partial charge >= 0.3 is 11.9 Å². The van der Waals surface area contributed by atoms with E-state index in [0.717, 1.165) is 11.1 Å². The van der Waals surface area contributed by atoms with E-state index in [1.807, 2.05) is 25.1 Å². The van der Waals surface area contributed by atoms with Gasteiger partial charge < -0.3 is 28.4 Å². The summed E-state index contributed by atoms with van der Waals surface area (Å²) in [7, 11) is 2.83. The van der Waals surface area contributed by atoms with Crippen LogP contribution in [0.15, 0.2) is 88.3 Å². The van der Waals surface area contributed by atoms with Gasteiger partial charge in [0.15, 0.2) is 34.4 Å². The Morgan fingerprint density at radius 1 is 0.981 bits per heavy atom. The molecule has 2 heterocycles. The number of benzene rings is 3. The number of carbonyl (C=O) groups is 2. The normalized spacial score (nSPS) is 13.9. The van der Waals surface area contributed by atoms with Crippen molar-refractivity contribution in [2.24, 2.45) is 4.99 Å². The number of carbonyl (C=O) groups excluding carboxylic acids is 2. The molecule has 11 nitrogen and oxygen atoms in total. The van der Waals surface area contributed by atoms with Gasteiger partial charge in [0.05, 0.1) is 49.3 Å². The molecule has 0 amide bonds. The molecule has 13 heteroatoms. The Balaban J connectivity index is 1.61. The lowest BCUT2D eigenvalue weighted by Crippen LogP contribution is -2.40. The molecule has 0 fully saturated rings. The van der Waals surface area contributed by atoms with Crippen LogP contribution in [0.2, 0.25) is 5.02 Å². The number of hydrogen-bond acceptors (Lipinski definition) is 11. The van der Waals surface area contributed by atoms with Gasteiger partial charge in [-0.05, 0) is 86.4 Å². The van der Waals surface area contributed by atoms with E-state index in [-0.39, 0.29) is 24.3 Å². The van der Waals surface area contributed by atoms with Gasteiger partial charge in [-0.1, -0.05) is 47.2 Å². The van der Waals surface area contributed by atoms with Gasteiger partial charge in [0.2, 0.25) is 0 Å². The third-order valence-corrected chi connectivity index (χ3v) is 9.24. The van der Waals surface area contributed by atoms with Gasteiger partial charge in [-0.3, -0.25) is 9.36 Å². The molecule has 52 heavy (non-hydrogen) atoms. The fraction of sp³-hybridized carbons (Fsp3) is 0.282. The highest BCUT2D eigenvalue weighted by Crippen LogP contribution is 2.37. The maximum atomic E-state index is 14.4. The van der Waals surface area contributed by atoms with Crippen LogP contribution in [0.3, 0.4) is 0 Å². The third kappa shape index (κ3) is 8.41. The number of hydrogen-bond donors (Lipinski definition) is 0. The zero-order valence-corrected chi connectivity index (χ0v) is 31.1. The second-order valence-corrected chi connectivity index (χ2v) is 12.9. The number of fused-ring (bicyclic) bond motifs is 1. The van der Waals surface area contributed by atoms with Crippen LogP contribution in [-0.4, -0.2) is 50.5 Å². The van der Waals surface area contributed by atoms with Crippen LogP contribution in [0, 0.1) is 0 Å². The number of methoxy groups -OCH3 is 2. The van der Waals surface area contributed by atoms with Gasteiger partial charge in [-0.15, -0.1) is 6.58 Å². The molecule has 5 rings (SSSR count). The fourth-order valence-electron chi connectivity index (χ4n) is 5.66. The second kappa shape index (κ2) is 17.3. The molecule has 0 radical (unpaired) electrons. The maximum Gasteiger partial charge on any atom is 0.343 e. The van der Waals surface area contributed by atoms with Crippen LogP contribution < -0.4 is 33.8 Å². The highest BCUT2D eigenvalue weighted by Gasteiger charge is 2.34. The minimum atomic E-state index is -0.902. The smallest absolute Gasteiger partial charge is 0.343 e. The standard InChI is InChI=1S/C39H39ClN2O9S/c1-7-10-27-17-25(18-31(46-5)36(27)51-21-24-11-14-28(40)15-12-24)19-32-37(44)42-35(34(38(45)49-9-3)23(4)41-39(42)52-32)26-13-16-29(30(20-26)48-8-2)50-22-33(43)47-6/h7,11-20,35H,1,8-10,21-22H2,2-6H3/b32-19-/t35-/m1/s1. The van der Waals surface area contributed by atoms with Crippen LogP contribution >= 0.6 is 22.9 Å². The highest BCUT2D eigenvalue weighted by molar-refractivity contribution is 7.07. The zero-order chi connectivity index (χ0) is 37.4. The van der Waals surface area contributed by atoms with Gasteiger partial charge in [0, 0.05) is 10.6 Å². The molecule has 0 bridgehead atoms. The molecule has 0 aliphatic carbocycles. The molecule has 0 unspecified atom stereocenters. The Bertz CT molecular complexity index is 2190. The van der Waals surface area contributed by atoms with Crippen LogP contribution in [0.1, 0.15) is 49.1 Å². The number of halogens is 1. The lowest BCUT2D eigenvalue weighted by molar-refractivity contribution is -0.143. The summed E-state index contributed by atoms with van der Waals surface area (Å²) in [5, 5.41) is 0.636. The van der Waals surface area contributed by atoms with Crippen LogP contribution in [0.5, 0.6) is 23.0 Å². The largest absolute Gasteiger partial charge is 0.493 e. The molecular formula is C39H39ClN2O9S. The van der Waals surface area contributed by atoms with E-state index < -0.39 is 18.0 Å². The second-order valence-electron chi connectivity index (χ2n) is 11.4. The number of aromatic nitrogens is 1. The highest BCUT2D eigenvalue weighted by atomic mass is 35.5. The van der Waals surface area contributed by atoms with Gasteiger partial charge in [0.25, 0.3) is 5.56 Å². The summed E-state index contributed by atoms with van der Waals surface area (Å²) >= 11 is 7.24. The monoisotopic (exact) mass is 746 g/mol. The first kappa shape index (κ1) is 37.9. The Labute approximate surface area is 310 Å². The Hall–Kier alpha value is -5.33. The summed E-state index contributed by atoms with van der Waals surface area (Å²) in [5.74, 6) is 0.519. The molecule has 1 aliphatic rings. The number of ether oxygens (including phenoxy) is 6. The molecule has 1 aliphatic heterocycles. The van der Waals surface area contributed by atoms with Crippen LogP contribution in [-0.2, 0) is 32.1 Å².